The fraction of sp³-hybridized carbons (Fsp3) is 0.444. The van der Waals surface area contributed by atoms with Gasteiger partial charge in [0.05, 0.1) is 5.92 Å². The molecule has 1 aliphatic rings. The minimum Gasteiger partial charge on any atom is -0.481 e. The van der Waals surface area contributed by atoms with Gasteiger partial charge in [-0.1, -0.05) is 42.0 Å². The summed E-state index contributed by atoms with van der Waals surface area (Å²) in [5.74, 6) is -1.22. The van der Waals surface area contributed by atoms with Crippen LogP contribution in [0.15, 0.2) is 36.4 Å². The van der Waals surface area contributed by atoms with Crippen LogP contribution in [0.25, 0.3) is 0 Å². The highest BCUT2D eigenvalue weighted by Crippen LogP contribution is 2.20. The third kappa shape index (κ3) is 5.02. The quantitative estimate of drug-likeness (QED) is 0.761. The third-order valence-electron chi connectivity index (χ3n) is 4.02. The van der Waals surface area contributed by atoms with Gasteiger partial charge in [-0.2, -0.15) is 0 Å². The zero-order valence-electron chi connectivity index (χ0n) is 12.9. The molecule has 4 heteroatoms. The molecule has 2 N–H and O–H groups in total. The van der Waals surface area contributed by atoms with Crippen molar-refractivity contribution in [2.75, 3.05) is 6.54 Å². The maximum Gasteiger partial charge on any atom is 0.308 e. The molecular weight excluding hydrogens is 278 g/mol. The van der Waals surface area contributed by atoms with E-state index in [1.165, 1.54) is 0 Å². The van der Waals surface area contributed by atoms with Crippen molar-refractivity contribution < 1.29 is 14.7 Å². The topological polar surface area (TPSA) is 66.4 Å². The largest absolute Gasteiger partial charge is 0.481 e. The van der Waals surface area contributed by atoms with E-state index in [9.17, 15) is 14.7 Å². The van der Waals surface area contributed by atoms with Crippen molar-refractivity contribution in [1.82, 2.24) is 5.32 Å². The Morgan fingerprint density at radius 2 is 2.23 bits per heavy atom. The average Bonchev–Trinajstić information content (AvgIpc) is 2.96. The van der Waals surface area contributed by atoms with Gasteiger partial charge in [-0.15, -0.1) is 0 Å². The zero-order valence-corrected chi connectivity index (χ0v) is 12.9. The Hall–Kier alpha value is -2.10. The number of carbonyl (C=O) groups excluding carboxylic acids is 1. The second-order valence-electron chi connectivity index (χ2n) is 6.00. The number of carboxylic acids is 1. The number of allylic oxidation sites excluding steroid dienone is 2. The molecule has 0 heterocycles. The Kier molecular flexibility index (Phi) is 5.75. The van der Waals surface area contributed by atoms with E-state index in [0.717, 1.165) is 24.0 Å². The lowest BCUT2D eigenvalue weighted by Crippen LogP contribution is -2.34. The fourth-order valence-corrected chi connectivity index (χ4v) is 2.78. The van der Waals surface area contributed by atoms with Gasteiger partial charge < -0.3 is 10.4 Å². The second-order valence-corrected chi connectivity index (χ2v) is 6.00. The number of rotatable bonds is 7. The minimum absolute atomic E-state index is 0.0629. The molecule has 4 nitrogen and oxygen atoms in total. The number of aryl methyl sites for hydroxylation is 1. The van der Waals surface area contributed by atoms with Crippen LogP contribution in [0, 0.1) is 18.8 Å². The number of carbonyl (C=O) groups is 2. The number of aliphatic carboxylic acids is 1. The van der Waals surface area contributed by atoms with Gasteiger partial charge in [0.15, 0.2) is 0 Å². The molecule has 0 bridgehead atoms. The van der Waals surface area contributed by atoms with Gasteiger partial charge in [0, 0.05) is 13.0 Å². The fourth-order valence-electron chi connectivity index (χ4n) is 2.78. The molecule has 0 fully saturated rings. The predicted molar refractivity (Wildman–Crippen MR) is 85.5 cm³/mol. The number of amides is 1. The van der Waals surface area contributed by atoms with Gasteiger partial charge >= 0.3 is 5.97 Å². The molecule has 0 saturated carbocycles. The van der Waals surface area contributed by atoms with Crippen LogP contribution >= 0.6 is 0 Å². The minimum atomic E-state index is -0.873. The Morgan fingerprint density at radius 1 is 1.41 bits per heavy atom. The summed E-state index contributed by atoms with van der Waals surface area (Å²) in [6.07, 6.45) is 7.09. The average molecular weight is 301 g/mol. The van der Waals surface area contributed by atoms with E-state index in [4.69, 9.17) is 0 Å². The van der Waals surface area contributed by atoms with Crippen LogP contribution in [0.4, 0.5) is 0 Å². The predicted octanol–water partition coefficient (Wildman–Crippen LogP) is 2.71. The monoisotopic (exact) mass is 301 g/mol. The van der Waals surface area contributed by atoms with Crippen LogP contribution in [0.1, 0.15) is 30.4 Å². The Labute approximate surface area is 131 Å². The van der Waals surface area contributed by atoms with Crippen LogP contribution < -0.4 is 5.32 Å². The van der Waals surface area contributed by atoms with Crippen molar-refractivity contribution in [3.8, 4) is 0 Å². The molecule has 0 unspecified atom stereocenters. The smallest absolute Gasteiger partial charge is 0.308 e. The lowest BCUT2D eigenvalue weighted by molar-refractivity contribution is -0.141. The molecule has 0 radical (unpaired) electrons. The van der Waals surface area contributed by atoms with Crippen LogP contribution in [-0.2, 0) is 16.0 Å². The van der Waals surface area contributed by atoms with Crippen LogP contribution in [0.2, 0.25) is 0 Å². The highest BCUT2D eigenvalue weighted by Gasteiger charge is 2.20. The molecule has 2 atom stereocenters. The molecule has 1 aliphatic carbocycles. The highest BCUT2D eigenvalue weighted by atomic mass is 16.4. The highest BCUT2D eigenvalue weighted by molar-refractivity contribution is 5.78. The number of nitrogens with one attached hydrogen (secondary N) is 1. The number of carboxylic acid groups (broad SMARTS) is 1. The van der Waals surface area contributed by atoms with Crippen LogP contribution in [0.3, 0.4) is 0 Å². The maximum absolute atomic E-state index is 11.9. The van der Waals surface area contributed by atoms with Gasteiger partial charge in [-0.3, -0.25) is 9.59 Å². The molecule has 1 aromatic carbocycles. The van der Waals surface area contributed by atoms with Crippen molar-refractivity contribution in [2.24, 2.45) is 11.8 Å². The van der Waals surface area contributed by atoms with Crippen molar-refractivity contribution in [1.29, 1.82) is 0 Å². The lowest BCUT2D eigenvalue weighted by Gasteiger charge is -2.15. The SMILES string of the molecule is Cc1cccc(C[C@H](CNC(=O)C[C@@H]2C=CCC2)C(=O)O)c1. The summed E-state index contributed by atoms with van der Waals surface area (Å²) in [5.41, 5.74) is 2.10. The van der Waals surface area contributed by atoms with Crippen molar-refractivity contribution in [3.63, 3.8) is 0 Å². The van der Waals surface area contributed by atoms with Crippen molar-refractivity contribution in [3.05, 3.63) is 47.5 Å². The standard InChI is InChI=1S/C18H23NO3/c1-13-5-4-8-15(9-13)10-16(18(21)22)12-19-17(20)11-14-6-2-3-7-14/h2,4-6,8-9,14,16H,3,7,10-12H2,1H3,(H,19,20)(H,21,22)/t14-,16-/m1/s1. The van der Waals surface area contributed by atoms with Gasteiger partial charge in [-0.25, -0.2) is 0 Å². The third-order valence-corrected chi connectivity index (χ3v) is 4.02. The van der Waals surface area contributed by atoms with Gasteiger partial charge in [0.25, 0.3) is 0 Å². The first-order chi connectivity index (χ1) is 10.5. The Balaban J connectivity index is 1.84. The normalized spacial score (nSPS) is 18.1. The van der Waals surface area contributed by atoms with E-state index in [1.807, 2.05) is 31.2 Å². The maximum atomic E-state index is 11.9. The summed E-state index contributed by atoms with van der Waals surface area (Å²) in [5, 5.41) is 12.1. The first-order valence-corrected chi connectivity index (χ1v) is 7.76. The molecule has 0 saturated heterocycles. The van der Waals surface area contributed by atoms with Gasteiger partial charge in [0.2, 0.25) is 5.91 Å². The molecule has 118 valence electrons. The molecule has 2 rings (SSSR count). The van der Waals surface area contributed by atoms with E-state index in [-0.39, 0.29) is 12.5 Å². The first-order valence-electron chi connectivity index (χ1n) is 7.76. The summed E-state index contributed by atoms with van der Waals surface area (Å²) in [6, 6.07) is 7.82. The zero-order chi connectivity index (χ0) is 15.9. The number of hydrogen-bond donors (Lipinski definition) is 2. The molecule has 1 amide bonds. The summed E-state index contributed by atoms with van der Waals surface area (Å²) >= 11 is 0. The second kappa shape index (κ2) is 7.78. The van der Waals surface area contributed by atoms with E-state index >= 15 is 0 Å². The summed E-state index contributed by atoms with van der Waals surface area (Å²) in [6.45, 7) is 2.16. The van der Waals surface area contributed by atoms with E-state index in [1.54, 1.807) is 0 Å². The summed E-state index contributed by atoms with van der Waals surface area (Å²) in [7, 11) is 0. The van der Waals surface area contributed by atoms with E-state index in [0.29, 0.717) is 18.8 Å². The molecular formula is C18H23NO3. The molecule has 0 aromatic heterocycles. The molecule has 1 aromatic rings. The van der Waals surface area contributed by atoms with Crippen LogP contribution in [0.5, 0.6) is 0 Å². The van der Waals surface area contributed by atoms with Crippen molar-refractivity contribution in [2.45, 2.75) is 32.6 Å². The molecule has 22 heavy (non-hydrogen) atoms. The molecule has 0 spiro atoms. The summed E-state index contributed by atoms with van der Waals surface area (Å²) < 4.78 is 0. The van der Waals surface area contributed by atoms with Gasteiger partial charge in [-0.05, 0) is 37.7 Å². The van der Waals surface area contributed by atoms with Gasteiger partial charge in [0.1, 0.15) is 0 Å². The number of benzene rings is 1. The Bertz CT molecular complexity index is 565. The number of hydrogen-bond acceptors (Lipinski definition) is 2. The Morgan fingerprint density at radius 3 is 2.86 bits per heavy atom. The first kappa shape index (κ1) is 16.3. The van der Waals surface area contributed by atoms with Crippen LogP contribution in [-0.4, -0.2) is 23.5 Å². The van der Waals surface area contributed by atoms with Crippen molar-refractivity contribution >= 4 is 11.9 Å². The molecule has 0 aliphatic heterocycles. The van der Waals surface area contributed by atoms with E-state index < -0.39 is 11.9 Å². The van der Waals surface area contributed by atoms with E-state index in [2.05, 4.69) is 17.5 Å². The lowest BCUT2D eigenvalue weighted by atomic mass is 9.98. The summed E-state index contributed by atoms with van der Waals surface area (Å²) in [4.78, 5) is 23.3.